The molecule has 0 aromatic heterocycles. The van der Waals surface area contributed by atoms with E-state index in [2.05, 4.69) is 15.9 Å². The van der Waals surface area contributed by atoms with Crippen molar-refractivity contribution >= 4 is 21.9 Å². The van der Waals surface area contributed by atoms with E-state index in [4.69, 9.17) is 4.74 Å². The molecule has 70 valence electrons. The van der Waals surface area contributed by atoms with E-state index in [-0.39, 0.29) is 5.97 Å². The zero-order valence-electron chi connectivity index (χ0n) is 7.58. The van der Waals surface area contributed by atoms with Gasteiger partial charge < -0.3 is 4.74 Å². The van der Waals surface area contributed by atoms with Gasteiger partial charge in [0, 0.05) is 0 Å². The summed E-state index contributed by atoms with van der Waals surface area (Å²) >= 11 is 3.23. The van der Waals surface area contributed by atoms with E-state index in [0.29, 0.717) is 5.75 Å². The average molecular weight is 243 g/mol. The summed E-state index contributed by atoms with van der Waals surface area (Å²) in [6.45, 7) is 3.50. The van der Waals surface area contributed by atoms with Crippen molar-refractivity contribution in [3.8, 4) is 5.75 Å². The number of alkyl halides is 1. The second-order valence-electron chi connectivity index (χ2n) is 3.18. The number of hydrogen-bond donors (Lipinski definition) is 0. The monoisotopic (exact) mass is 242 g/mol. The van der Waals surface area contributed by atoms with Crippen molar-refractivity contribution in [1.82, 2.24) is 0 Å². The minimum Gasteiger partial charge on any atom is -0.426 e. The van der Waals surface area contributed by atoms with Crippen LogP contribution in [-0.2, 0) is 4.79 Å². The third-order valence-corrected chi connectivity index (χ3v) is 1.76. The lowest BCUT2D eigenvalue weighted by atomic mass is 10.2. The first-order valence-corrected chi connectivity index (χ1v) is 4.76. The van der Waals surface area contributed by atoms with E-state index >= 15 is 0 Å². The zero-order chi connectivity index (χ0) is 9.90. The highest BCUT2D eigenvalue weighted by molar-refractivity contribution is 9.10. The normalized spacial score (nSPS) is 11.0. The Morgan fingerprint density at radius 3 is 2.31 bits per heavy atom. The van der Waals surface area contributed by atoms with Gasteiger partial charge in [-0.1, -0.05) is 34.1 Å². The van der Waals surface area contributed by atoms with E-state index in [1.54, 1.807) is 26.0 Å². The molecule has 1 aromatic carbocycles. The molecule has 0 aliphatic rings. The smallest absolute Gasteiger partial charge is 0.327 e. The van der Waals surface area contributed by atoms with Gasteiger partial charge in [-0.25, -0.2) is 0 Å². The number of esters is 1. The van der Waals surface area contributed by atoms with Crippen molar-refractivity contribution < 1.29 is 9.53 Å². The van der Waals surface area contributed by atoms with Crippen molar-refractivity contribution in [1.29, 1.82) is 0 Å². The van der Waals surface area contributed by atoms with Crippen LogP contribution in [0.4, 0.5) is 0 Å². The fourth-order valence-corrected chi connectivity index (χ4v) is 0.798. The Labute approximate surface area is 86.0 Å². The first-order chi connectivity index (χ1) is 6.00. The van der Waals surface area contributed by atoms with Gasteiger partial charge in [0.25, 0.3) is 0 Å². The molecule has 0 unspecified atom stereocenters. The van der Waals surface area contributed by atoms with Crippen LogP contribution in [0.1, 0.15) is 13.8 Å². The van der Waals surface area contributed by atoms with Crippen LogP contribution >= 0.6 is 15.9 Å². The number of carbonyl (C=O) groups excluding carboxylic acids is 1. The number of carbonyl (C=O) groups is 1. The van der Waals surface area contributed by atoms with Gasteiger partial charge in [-0.2, -0.15) is 0 Å². The van der Waals surface area contributed by atoms with Crippen molar-refractivity contribution in [2.45, 2.75) is 18.2 Å². The van der Waals surface area contributed by atoms with Crippen LogP contribution in [-0.4, -0.2) is 10.3 Å². The van der Waals surface area contributed by atoms with Crippen molar-refractivity contribution in [3.63, 3.8) is 0 Å². The lowest BCUT2D eigenvalue weighted by Crippen LogP contribution is -2.29. The second-order valence-corrected chi connectivity index (χ2v) is 5.16. The van der Waals surface area contributed by atoms with Gasteiger partial charge in [-0.05, 0) is 26.0 Å². The topological polar surface area (TPSA) is 26.3 Å². The highest BCUT2D eigenvalue weighted by atomic mass is 79.9. The Balaban J connectivity index is 2.66. The van der Waals surface area contributed by atoms with Gasteiger partial charge in [0.05, 0.1) is 0 Å². The molecule has 0 N–H and O–H groups in total. The summed E-state index contributed by atoms with van der Waals surface area (Å²) in [6.07, 6.45) is 0. The SMILES string of the molecule is CC(C)(Br)C(=O)Oc1ccccc1. The van der Waals surface area contributed by atoms with Gasteiger partial charge >= 0.3 is 5.97 Å². The molecule has 0 saturated heterocycles. The van der Waals surface area contributed by atoms with Gasteiger partial charge in [0.1, 0.15) is 10.1 Å². The predicted molar refractivity (Wildman–Crippen MR) is 55.1 cm³/mol. The first kappa shape index (κ1) is 10.3. The fourth-order valence-electron chi connectivity index (χ4n) is 0.717. The quantitative estimate of drug-likeness (QED) is 0.453. The molecule has 0 saturated carbocycles. The highest BCUT2D eigenvalue weighted by Gasteiger charge is 2.25. The molecule has 0 fully saturated rings. The van der Waals surface area contributed by atoms with Crippen LogP contribution < -0.4 is 4.74 Å². The maximum absolute atomic E-state index is 11.4. The van der Waals surface area contributed by atoms with Crippen LogP contribution in [0.25, 0.3) is 0 Å². The molecule has 0 spiro atoms. The van der Waals surface area contributed by atoms with Crippen LogP contribution in [0.3, 0.4) is 0 Å². The van der Waals surface area contributed by atoms with Crippen LogP contribution in [0.5, 0.6) is 5.75 Å². The van der Waals surface area contributed by atoms with Gasteiger partial charge in [-0.3, -0.25) is 4.79 Å². The molecule has 13 heavy (non-hydrogen) atoms. The largest absolute Gasteiger partial charge is 0.426 e. The maximum Gasteiger partial charge on any atom is 0.327 e. The second kappa shape index (κ2) is 3.92. The summed E-state index contributed by atoms with van der Waals surface area (Å²) in [5.41, 5.74) is 0. The number of hydrogen-bond acceptors (Lipinski definition) is 2. The molecule has 0 amide bonds. The third kappa shape index (κ3) is 3.19. The average Bonchev–Trinajstić information content (AvgIpc) is 2.04. The number of halogens is 1. The molecule has 0 heterocycles. The zero-order valence-corrected chi connectivity index (χ0v) is 9.17. The third-order valence-electron chi connectivity index (χ3n) is 1.44. The van der Waals surface area contributed by atoms with E-state index in [1.807, 2.05) is 18.2 Å². The molecule has 1 aromatic rings. The van der Waals surface area contributed by atoms with Crippen LogP contribution in [0, 0.1) is 0 Å². The van der Waals surface area contributed by atoms with Gasteiger partial charge in [-0.15, -0.1) is 0 Å². The summed E-state index contributed by atoms with van der Waals surface area (Å²) < 4.78 is 4.46. The molecular weight excluding hydrogens is 232 g/mol. The molecule has 0 aliphatic carbocycles. The lowest BCUT2D eigenvalue weighted by Gasteiger charge is -2.14. The first-order valence-electron chi connectivity index (χ1n) is 3.96. The molecule has 3 heteroatoms. The summed E-state index contributed by atoms with van der Waals surface area (Å²) in [6, 6.07) is 9.01. The Morgan fingerprint density at radius 2 is 1.85 bits per heavy atom. The Morgan fingerprint density at radius 1 is 1.31 bits per heavy atom. The molecule has 1 rings (SSSR count). The minimum atomic E-state index is -0.636. The molecule has 2 nitrogen and oxygen atoms in total. The number of para-hydroxylation sites is 1. The van der Waals surface area contributed by atoms with Gasteiger partial charge in [0.2, 0.25) is 0 Å². The van der Waals surface area contributed by atoms with Crippen molar-refractivity contribution in [2.24, 2.45) is 0 Å². The lowest BCUT2D eigenvalue weighted by molar-refractivity contribution is -0.136. The number of benzene rings is 1. The molecular formula is C10H11BrO2. The standard InChI is InChI=1S/C10H11BrO2/c1-10(2,11)9(12)13-8-6-4-3-5-7-8/h3-7H,1-2H3. The fraction of sp³-hybridized carbons (Fsp3) is 0.300. The van der Waals surface area contributed by atoms with E-state index < -0.39 is 4.32 Å². The number of ether oxygens (including phenoxy) is 1. The summed E-state index contributed by atoms with van der Waals surface area (Å²) in [7, 11) is 0. The van der Waals surface area contributed by atoms with Crippen molar-refractivity contribution in [3.05, 3.63) is 30.3 Å². The van der Waals surface area contributed by atoms with Crippen LogP contribution in [0.2, 0.25) is 0 Å². The molecule has 0 aliphatic heterocycles. The Hall–Kier alpha value is -0.830. The van der Waals surface area contributed by atoms with E-state index in [1.165, 1.54) is 0 Å². The summed E-state index contributed by atoms with van der Waals surface area (Å²) in [5.74, 6) is 0.277. The van der Waals surface area contributed by atoms with E-state index in [9.17, 15) is 4.79 Å². The Bertz CT molecular complexity index is 288. The number of rotatable bonds is 2. The maximum atomic E-state index is 11.4. The minimum absolute atomic E-state index is 0.293. The molecule has 0 bridgehead atoms. The highest BCUT2D eigenvalue weighted by Crippen LogP contribution is 2.19. The summed E-state index contributed by atoms with van der Waals surface area (Å²) in [4.78, 5) is 11.4. The Kier molecular flexibility index (Phi) is 3.09. The molecule has 0 atom stereocenters. The van der Waals surface area contributed by atoms with Crippen molar-refractivity contribution in [2.75, 3.05) is 0 Å². The van der Waals surface area contributed by atoms with Gasteiger partial charge in [0.15, 0.2) is 0 Å². The van der Waals surface area contributed by atoms with E-state index in [0.717, 1.165) is 0 Å². The predicted octanol–water partition coefficient (Wildman–Crippen LogP) is 2.77. The molecule has 0 radical (unpaired) electrons. The summed E-state index contributed by atoms with van der Waals surface area (Å²) in [5, 5.41) is 0. The van der Waals surface area contributed by atoms with Crippen LogP contribution in [0.15, 0.2) is 30.3 Å².